The number of nitrogens with zero attached hydrogens (tertiary/aromatic N) is 1. The van der Waals surface area contributed by atoms with E-state index in [0.29, 0.717) is 6.42 Å². The summed E-state index contributed by atoms with van der Waals surface area (Å²) in [6.45, 7) is 2.17. The monoisotopic (exact) mass is 407 g/mol. The first-order valence-electron chi connectivity index (χ1n) is 8.40. The number of imide groups is 1. The minimum absolute atomic E-state index is 0.0249. The summed E-state index contributed by atoms with van der Waals surface area (Å²) in [7, 11) is 0. The zero-order valence-electron chi connectivity index (χ0n) is 14.9. The Morgan fingerprint density at radius 1 is 1.18 bits per heavy atom. The molecule has 1 aromatic carbocycles. The molecule has 0 bridgehead atoms. The number of rotatable bonds is 8. The van der Waals surface area contributed by atoms with Crippen LogP contribution in [0.5, 0.6) is 11.5 Å². The van der Waals surface area contributed by atoms with Crippen molar-refractivity contribution < 1.29 is 37.9 Å². The van der Waals surface area contributed by atoms with Crippen LogP contribution in [0.2, 0.25) is 0 Å². The molecule has 0 saturated heterocycles. The van der Waals surface area contributed by atoms with Crippen LogP contribution >= 0.6 is 0 Å². The Morgan fingerprint density at radius 2 is 1.79 bits per heavy atom. The van der Waals surface area contributed by atoms with Gasteiger partial charge in [0.2, 0.25) is 5.75 Å². The summed E-state index contributed by atoms with van der Waals surface area (Å²) in [5, 5.41) is 33.7. The Hall–Kier alpha value is -3.05. The van der Waals surface area contributed by atoms with Gasteiger partial charge in [0.15, 0.2) is 5.75 Å². The fourth-order valence-electron chi connectivity index (χ4n) is 2.42. The van der Waals surface area contributed by atoms with E-state index in [2.05, 4.69) is 5.32 Å². The van der Waals surface area contributed by atoms with Crippen LogP contribution < -0.4 is 10.6 Å². The van der Waals surface area contributed by atoms with Gasteiger partial charge in [-0.05, 0) is 12.5 Å². The standard InChI is InChI=1S/C16H20F3N3O6/c1-2-3-4-5-6-7-20-15(26)21-14(25)11-9(16(17,18)19)8-10(23)13(24)12(11)22(27)28/h8,23-24H,2-7H2,1H3,(H2,20,21,25,26). The first-order valence-corrected chi connectivity index (χ1v) is 8.40. The van der Waals surface area contributed by atoms with Gasteiger partial charge in [0.25, 0.3) is 5.91 Å². The van der Waals surface area contributed by atoms with Crippen LogP contribution in [-0.2, 0) is 6.18 Å². The Morgan fingerprint density at radius 3 is 2.32 bits per heavy atom. The third-order valence-electron chi connectivity index (χ3n) is 3.76. The van der Waals surface area contributed by atoms with Crippen LogP contribution in [0.15, 0.2) is 6.07 Å². The molecule has 0 aliphatic rings. The molecule has 0 saturated carbocycles. The van der Waals surface area contributed by atoms with Gasteiger partial charge in [0, 0.05) is 6.54 Å². The van der Waals surface area contributed by atoms with Crippen molar-refractivity contribution in [3.8, 4) is 11.5 Å². The zero-order chi connectivity index (χ0) is 21.5. The molecule has 0 aliphatic heterocycles. The minimum atomic E-state index is -5.27. The molecule has 28 heavy (non-hydrogen) atoms. The molecule has 1 rings (SSSR count). The minimum Gasteiger partial charge on any atom is -0.504 e. The van der Waals surface area contributed by atoms with Crippen LogP contribution in [0, 0.1) is 10.1 Å². The van der Waals surface area contributed by atoms with Crippen molar-refractivity contribution in [3.63, 3.8) is 0 Å². The number of carbonyl (C=O) groups excluding carboxylic acids is 2. The van der Waals surface area contributed by atoms with Crippen LogP contribution in [0.3, 0.4) is 0 Å². The number of hydrogen-bond donors (Lipinski definition) is 4. The number of nitro benzene ring substituents is 1. The predicted molar refractivity (Wildman–Crippen MR) is 91.1 cm³/mol. The van der Waals surface area contributed by atoms with Crippen LogP contribution in [0.1, 0.15) is 54.9 Å². The molecule has 0 aliphatic carbocycles. The molecule has 0 heterocycles. The van der Waals surface area contributed by atoms with Crippen molar-refractivity contribution in [2.75, 3.05) is 6.54 Å². The highest BCUT2D eigenvalue weighted by Crippen LogP contribution is 2.45. The Labute approximate surface area is 157 Å². The highest BCUT2D eigenvalue weighted by molar-refractivity contribution is 6.08. The van der Waals surface area contributed by atoms with Gasteiger partial charge < -0.3 is 15.5 Å². The van der Waals surface area contributed by atoms with E-state index < -0.39 is 51.4 Å². The van der Waals surface area contributed by atoms with Gasteiger partial charge in [0.05, 0.1) is 10.5 Å². The number of alkyl halides is 3. The fraction of sp³-hybridized carbons (Fsp3) is 0.500. The molecule has 0 radical (unpaired) electrons. The van der Waals surface area contributed by atoms with Gasteiger partial charge in [-0.3, -0.25) is 20.2 Å². The second-order valence-corrected chi connectivity index (χ2v) is 5.89. The first-order chi connectivity index (χ1) is 13.0. The number of carbonyl (C=O) groups is 2. The third-order valence-corrected chi connectivity index (χ3v) is 3.76. The molecular weight excluding hydrogens is 387 g/mol. The summed E-state index contributed by atoms with van der Waals surface area (Å²) >= 11 is 0. The SMILES string of the molecule is CCCCCCCNC(=O)NC(=O)c1c(C(F)(F)F)cc(O)c(O)c1[N+](=O)[O-]. The average molecular weight is 407 g/mol. The van der Waals surface area contributed by atoms with E-state index in [1.165, 1.54) is 0 Å². The second kappa shape index (κ2) is 9.76. The average Bonchev–Trinajstić information content (AvgIpc) is 2.58. The number of urea groups is 1. The lowest BCUT2D eigenvalue weighted by atomic mass is 10.0. The number of aromatic hydroxyl groups is 2. The summed E-state index contributed by atoms with van der Waals surface area (Å²) in [4.78, 5) is 33.4. The third kappa shape index (κ3) is 5.99. The Bertz CT molecular complexity index is 752. The van der Waals surface area contributed by atoms with E-state index in [0.717, 1.165) is 25.7 Å². The molecular formula is C16H20F3N3O6. The molecule has 3 amide bonds. The highest BCUT2D eigenvalue weighted by Gasteiger charge is 2.43. The smallest absolute Gasteiger partial charge is 0.417 e. The number of nitrogens with one attached hydrogen (secondary N) is 2. The topological polar surface area (TPSA) is 142 Å². The van der Waals surface area contributed by atoms with Crippen molar-refractivity contribution >= 4 is 17.6 Å². The van der Waals surface area contributed by atoms with E-state index in [-0.39, 0.29) is 12.6 Å². The zero-order valence-corrected chi connectivity index (χ0v) is 14.9. The number of hydrogen-bond acceptors (Lipinski definition) is 6. The maximum absolute atomic E-state index is 13.2. The molecule has 0 fully saturated rings. The van der Waals surface area contributed by atoms with Crippen LogP contribution in [0.25, 0.3) is 0 Å². The van der Waals surface area contributed by atoms with Crippen LogP contribution in [0.4, 0.5) is 23.7 Å². The quantitative estimate of drug-likeness (QED) is 0.225. The lowest BCUT2D eigenvalue weighted by Crippen LogP contribution is -2.40. The number of benzene rings is 1. The number of phenols is 2. The van der Waals surface area contributed by atoms with Gasteiger partial charge in [-0.2, -0.15) is 13.2 Å². The lowest BCUT2D eigenvalue weighted by Gasteiger charge is -2.14. The Kier molecular flexibility index (Phi) is 8.01. The van der Waals surface area contributed by atoms with Gasteiger partial charge in [-0.25, -0.2) is 4.79 Å². The molecule has 0 atom stereocenters. The number of amides is 3. The van der Waals surface area contributed by atoms with Crippen LogP contribution in [-0.4, -0.2) is 33.6 Å². The van der Waals surface area contributed by atoms with Gasteiger partial charge >= 0.3 is 17.9 Å². The van der Waals surface area contributed by atoms with Crippen molar-refractivity contribution in [3.05, 3.63) is 27.3 Å². The molecule has 0 spiro atoms. The van der Waals surface area contributed by atoms with Crippen molar-refractivity contribution in [1.82, 2.24) is 10.6 Å². The maximum Gasteiger partial charge on any atom is 0.417 e. The summed E-state index contributed by atoms with van der Waals surface area (Å²) in [6.07, 6.45) is -0.917. The molecule has 12 heteroatoms. The number of phenolic OH excluding ortho intramolecular Hbond substituents is 2. The first kappa shape index (κ1) is 23.0. The molecule has 1 aromatic rings. The molecule has 0 aromatic heterocycles. The molecule has 156 valence electrons. The second-order valence-electron chi connectivity index (χ2n) is 5.89. The van der Waals surface area contributed by atoms with Crippen molar-refractivity contribution in [1.29, 1.82) is 0 Å². The summed E-state index contributed by atoms with van der Waals surface area (Å²) in [5.74, 6) is -4.68. The van der Waals surface area contributed by atoms with E-state index in [1.807, 2.05) is 6.92 Å². The molecule has 0 unspecified atom stereocenters. The summed E-state index contributed by atoms with van der Waals surface area (Å²) < 4.78 is 39.5. The molecule has 9 nitrogen and oxygen atoms in total. The predicted octanol–water partition coefficient (Wildman–Crippen LogP) is 3.43. The number of nitro groups is 1. The highest BCUT2D eigenvalue weighted by atomic mass is 19.4. The normalized spacial score (nSPS) is 11.1. The van der Waals surface area contributed by atoms with Crippen molar-refractivity contribution in [2.45, 2.75) is 45.2 Å². The lowest BCUT2D eigenvalue weighted by molar-refractivity contribution is -0.386. The summed E-state index contributed by atoms with van der Waals surface area (Å²) in [6, 6.07) is -1.17. The number of halogens is 3. The van der Waals surface area contributed by atoms with Crippen molar-refractivity contribution in [2.24, 2.45) is 0 Å². The number of unbranched alkanes of at least 4 members (excludes halogenated alkanes) is 4. The van der Waals surface area contributed by atoms with Gasteiger partial charge in [-0.1, -0.05) is 32.6 Å². The van der Waals surface area contributed by atoms with E-state index in [4.69, 9.17) is 0 Å². The maximum atomic E-state index is 13.2. The van der Waals surface area contributed by atoms with Gasteiger partial charge in [-0.15, -0.1) is 0 Å². The van der Waals surface area contributed by atoms with E-state index in [1.54, 1.807) is 5.32 Å². The Balaban J connectivity index is 3.02. The summed E-state index contributed by atoms with van der Waals surface area (Å²) in [5.41, 5.74) is -5.09. The molecule has 4 N–H and O–H groups in total. The fourth-order valence-corrected chi connectivity index (χ4v) is 2.42. The van der Waals surface area contributed by atoms with E-state index in [9.17, 15) is 43.1 Å². The largest absolute Gasteiger partial charge is 0.504 e. The van der Waals surface area contributed by atoms with E-state index >= 15 is 0 Å². The van der Waals surface area contributed by atoms with Gasteiger partial charge in [0.1, 0.15) is 5.56 Å².